The molecule has 0 aliphatic rings. The molecule has 4 aromatic rings. The number of nitrogens with zero attached hydrogens (tertiary/aromatic N) is 3. The Hall–Kier alpha value is -3.01. The number of fused-ring (bicyclic) bond motifs is 1. The fourth-order valence-corrected chi connectivity index (χ4v) is 3.04. The van der Waals surface area contributed by atoms with Crippen LogP contribution in [0.2, 0.25) is 0 Å². The van der Waals surface area contributed by atoms with Crippen LogP contribution < -0.4 is 28.5 Å². The molecular weight excluding hydrogens is 396 g/mol. The van der Waals surface area contributed by atoms with E-state index in [0.717, 1.165) is 28.5 Å². The number of anilines is 2. The molecule has 0 aliphatic heterocycles. The molecule has 0 atom stereocenters. The Morgan fingerprint density at radius 3 is 2.00 bits per heavy atom. The summed E-state index contributed by atoms with van der Waals surface area (Å²) in [6.45, 7) is 4.20. The Kier molecular flexibility index (Phi) is 6.12. The molecular formula is C20H19ClN4O4. The molecule has 2 aromatic carbocycles. The van der Waals surface area contributed by atoms with E-state index in [1.807, 2.05) is 40.9 Å². The first-order chi connectivity index (χ1) is 13.7. The lowest BCUT2D eigenvalue weighted by Gasteiger charge is -2.17. The van der Waals surface area contributed by atoms with Gasteiger partial charge in [0.15, 0.2) is 5.82 Å². The second-order valence-corrected chi connectivity index (χ2v) is 7.02. The average Bonchev–Trinajstić information content (AvgIpc) is 3.06. The summed E-state index contributed by atoms with van der Waals surface area (Å²) >= 11 is 0. The lowest BCUT2D eigenvalue weighted by Crippen LogP contribution is -2.68. The van der Waals surface area contributed by atoms with Gasteiger partial charge >= 0.3 is 5.65 Å². The van der Waals surface area contributed by atoms with E-state index < -0.39 is 10.2 Å². The van der Waals surface area contributed by atoms with Gasteiger partial charge in [-0.3, -0.25) is 0 Å². The molecule has 2 aromatic heterocycles. The number of halogens is 1. The molecule has 9 heteroatoms. The molecule has 1 N–H and O–H groups in total. The predicted molar refractivity (Wildman–Crippen MR) is 95.9 cm³/mol. The number of hydrogen-bond acceptors (Lipinski definition) is 6. The van der Waals surface area contributed by atoms with E-state index in [9.17, 15) is 0 Å². The van der Waals surface area contributed by atoms with Crippen LogP contribution in [0.5, 0.6) is 0 Å². The van der Waals surface area contributed by atoms with Crippen LogP contribution in [0.15, 0.2) is 72.8 Å². The molecule has 8 nitrogen and oxygen atoms in total. The highest BCUT2D eigenvalue weighted by Crippen LogP contribution is 2.18. The van der Waals surface area contributed by atoms with E-state index in [1.54, 1.807) is 0 Å². The summed E-state index contributed by atoms with van der Waals surface area (Å²) in [6.07, 6.45) is 0. The van der Waals surface area contributed by atoms with Gasteiger partial charge in [-0.05, 0) is 31.2 Å². The topological polar surface area (TPSA) is 125 Å². The second-order valence-electron chi connectivity index (χ2n) is 6.27. The molecule has 4 rings (SSSR count). The van der Waals surface area contributed by atoms with Crippen molar-refractivity contribution in [2.75, 3.05) is 5.32 Å². The monoisotopic (exact) mass is 414 g/mol. The van der Waals surface area contributed by atoms with Crippen LogP contribution in [-0.2, 0) is 0 Å². The van der Waals surface area contributed by atoms with Crippen LogP contribution in [0.4, 0.5) is 11.5 Å². The molecule has 29 heavy (non-hydrogen) atoms. The smallest absolute Gasteiger partial charge is 0.316 e. The summed E-state index contributed by atoms with van der Waals surface area (Å²) in [7, 11) is -4.94. The van der Waals surface area contributed by atoms with Gasteiger partial charge in [-0.2, -0.15) is 4.57 Å². The van der Waals surface area contributed by atoms with E-state index in [0.29, 0.717) is 0 Å². The Morgan fingerprint density at radius 1 is 0.862 bits per heavy atom. The summed E-state index contributed by atoms with van der Waals surface area (Å²) in [5, 5.41) is 8.09. The van der Waals surface area contributed by atoms with Crippen molar-refractivity contribution in [3.8, 4) is 5.69 Å². The molecule has 0 amide bonds. The van der Waals surface area contributed by atoms with Crippen molar-refractivity contribution in [2.45, 2.75) is 13.8 Å². The van der Waals surface area contributed by atoms with Gasteiger partial charge in [0.05, 0.1) is 6.07 Å². The standard InChI is InChI=1S/C20H19N4.ClHO4/c1-15-13-16(2)24-20(23(15)18-11-7-4-8-12-18)14-19(22-24)21-17-9-5-3-6-10-17;2-1(3,4)5/h3-14H,1-2H3,(H,21,22);(H,2,3,4,5)/q+1;/p-1. The van der Waals surface area contributed by atoms with Gasteiger partial charge in [0, 0.05) is 18.7 Å². The first kappa shape index (κ1) is 20.7. The first-order valence-corrected chi connectivity index (χ1v) is 9.87. The lowest BCUT2D eigenvalue weighted by atomic mass is 10.2. The van der Waals surface area contributed by atoms with E-state index in [2.05, 4.69) is 60.1 Å². The zero-order valence-corrected chi connectivity index (χ0v) is 16.5. The number of rotatable bonds is 3. The molecule has 0 saturated carbocycles. The summed E-state index contributed by atoms with van der Waals surface area (Å²) in [5.41, 5.74) is 5.48. The molecule has 0 bridgehead atoms. The minimum atomic E-state index is -4.94. The van der Waals surface area contributed by atoms with Crippen molar-refractivity contribution in [3.05, 3.63) is 84.2 Å². The van der Waals surface area contributed by atoms with Crippen molar-refractivity contribution in [3.63, 3.8) is 0 Å². The van der Waals surface area contributed by atoms with Gasteiger partial charge in [-0.25, -0.2) is 18.6 Å². The largest absolute Gasteiger partial charge is 0.337 e. The van der Waals surface area contributed by atoms with Gasteiger partial charge in [-0.15, -0.1) is 10.2 Å². The minimum absolute atomic E-state index is 0.833. The fourth-order valence-electron chi connectivity index (χ4n) is 3.04. The zero-order chi connectivity index (χ0) is 21.0. The highest BCUT2D eigenvalue weighted by atomic mass is 35.7. The summed E-state index contributed by atoms with van der Waals surface area (Å²) in [5.74, 6) is 0.833. The normalized spacial score (nSPS) is 11.1. The maximum absolute atomic E-state index is 8.49. The van der Waals surface area contributed by atoms with E-state index in [-0.39, 0.29) is 0 Å². The molecule has 0 unspecified atom stereocenters. The zero-order valence-electron chi connectivity index (χ0n) is 15.8. The van der Waals surface area contributed by atoms with Crippen LogP contribution in [-0.4, -0.2) is 9.61 Å². The van der Waals surface area contributed by atoms with Crippen LogP contribution in [0.1, 0.15) is 11.4 Å². The van der Waals surface area contributed by atoms with Crippen LogP contribution in [0.3, 0.4) is 0 Å². The number of aryl methyl sites for hydroxylation is 2. The lowest BCUT2D eigenvalue weighted by molar-refractivity contribution is -2.00. The number of benzene rings is 2. The van der Waals surface area contributed by atoms with Gasteiger partial charge in [-0.1, -0.05) is 46.0 Å². The van der Waals surface area contributed by atoms with Crippen molar-refractivity contribution >= 4 is 17.2 Å². The van der Waals surface area contributed by atoms with Crippen molar-refractivity contribution in [1.29, 1.82) is 0 Å². The summed E-state index contributed by atoms with van der Waals surface area (Å²) < 4.78 is 38.2. The van der Waals surface area contributed by atoms with Crippen LogP contribution in [0.25, 0.3) is 11.3 Å². The Balaban J connectivity index is 0.000000431. The molecule has 0 aliphatic carbocycles. The van der Waals surface area contributed by atoms with Gasteiger partial charge in [0.2, 0.25) is 0 Å². The Labute approximate surface area is 169 Å². The van der Waals surface area contributed by atoms with Crippen molar-refractivity contribution in [2.24, 2.45) is 0 Å². The Bertz CT molecular complexity index is 1090. The molecule has 2 heterocycles. The van der Waals surface area contributed by atoms with Crippen molar-refractivity contribution in [1.82, 2.24) is 9.61 Å². The number of para-hydroxylation sites is 2. The molecule has 0 radical (unpaired) electrons. The third kappa shape index (κ3) is 5.50. The Morgan fingerprint density at radius 2 is 1.41 bits per heavy atom. The van der Waals surface area contributed by atoms with Gasteiger partial charge in [0.25, 0.3) is 0 Å². The van der Waals surface area contributed by atoms with E-state index in [1.165, 1.54) is 5.69 Å². The molecule has 0 fully saturated rings. The number of nitrogens with one attached hydrogen (secondary N) is 1. The maximum Gasteiger partial charge on any atom is 0.316 e. The highest BCUT2D eigenvalue weighted by Gasteiger charge is 2.20. The average molecular weight is 415 g/mol. The third-order valence-electron chi connectivity index (χ3n) is 4.08. The second kappa shape index (κ2) is 8.56. The molecule has 0 saturated heterocycles. The molecule has 0 spiro atoms. The summed E-state index contributed by atoms with van der Waals surface area (Å²) in [4.78, 5) is 0. The van der Waals surface area contributed by atoms with Crippen LogP contribution in [0, 0.1) is 24.1 Å². The van der Waals surface area contributed by atoms with Gasteiger partial charge < -0.3 is 5.32 Å². The van der Waals surface area contributed by atoms with E-state index in [4.69, 9.17) is 23.7 Å². The fraction of sp³-hybridized carbons (Fsp3) is 0.100. The van der Waals surface area contributed by atoms with Crippen molar-refractivity contribution < 1.29 is 33.4 Å². The maximum atomic E-state index is 8.49. The number of aromatic nitrogens is 3. The first-order valence-electron chi connectivity index (χ1n) is 8.63. The minimum Gasteiger partial charge on any atom is -0.337 e. The SMILES string of the molecule is Cc1cc(C)[n+](-c2ccccc2)c2cc(Nc3ccccc3)nn12.[O-][Cl+3]([O-])([O-])[O-]. The van der Waals surface area contributed by atoms with Crippen LogP contribution >= 0.6 is 0 Å². The quantitative estimate of drug-likeness (QED) is 0.438. The molecule has 150 valence electrons. The third-order valence-corrected chi connectivity index (χ3v) is 4.08. The van der Waals surface area contributed by atoms with E-state index >= 15 is 0 Å². The summed E-state index contributed by atoms with van der Waals surface area (Å²) in [6, 6.07) is 24.7. The highest BCUT2D eigenvalue weighted by molar-refractivity contribution is 5.59. The van der Waals surface area contributed by atoms with Gasteiger partial charge in [0.1, 0.15) is 17.1 Å². The predicted octanol–water partition coefficient (Wildman–Crippen LogP) is -0.785. The number of hydrogen-bond donors (Lipinski definition) is 1.